The summed E-state index contributed by atoms with van der Waals surface area (Å²) in [7, 11) is 4.00. The number of rotatable bonds is 5. The number of nitrogens with zero attached hydrogens (tertiary/aromatic N) is 1. The van der Waals surface area contributed by atoms with Crippen LogP contribution in [0.1, 0.15) is 45.4 Å². The van der Waals surface area contributed by atoms with Crippen LogP contribution in [0.3, 0.4) is 0 Å². The Balaban J connectivity index is 1.87. The minimum atomic E-state index is 0.465. The molecule has 1 saturated carbocycles. The maximum absolute atomic E-state index is 5.55. The summed E-state index contributed by atoms with van der Waals surface area (Å²) in [5.41, 5.74) is 0. The summed E-state index contributed by atoms with van der Waals surface area (Å²) in [4.78, 5) is 2.64. The van der Waals surface area contributed by atoms with Gasteiger partial charge in [0.2, 0.25) is 0 Å². The van der Waals surface area contributed by atoms with E-state index in [0.29, 0.717) is 6.10 Å². The molecule has 1 saturated heterocycles. The lowest BCUT2D eigenvalue weighted by atomic mass is 9.76. The highest BCUT2D eigenvalue weighted by molar-refractivity contribution is 4.87. The quantitative estimate of drug-likeness (QED) is 0.829. The Bertz CT molecular complexity index is 259. The van der Waals surface area contributed by atoms with Crippen molar-refractivity contribution >= 4 is 0 Å². The molecule has 0 aromatic carbocycles. The molecule has 19 heavy (non-hydrogen) atoms. The Morgan fingerprint density at radius 2 is 2.11 bits per heavy atom. The molecule has 0 aromatic heterocycles. The molecule has 3 nitrogen and oxygen atoms in total. The highest BCUT2D eigenvalue weighted by Crippen LogP contribution is 2.32. The summed E-state index contributed by atoms with van der Waals surface area (Å²) >= 11 is 0. The molecular formula is C16H32N2O. The molecule has 0 bridgehead atoms. The van der Waals surface area contributed by atoms with Gasteiger partial charge in [-0.15, -0.1) is 0 Å². The maximum atomic E-state index is 5.55. The summed E-state index contributed by atoms with van der Waals surface area (Å²) < 4.78 is 5.55. The fourth-order valence-corrected chi connectivity index (χ4v) is 4.02. The van der Waals surface area contributed by atoms with Crippen molar-refractivity contribution in [2.24, 2.45) is 11.8 Å². The van der Waals surface area contributed by atoms with E-state index >= 15 is 0 Å². The van der Waals surface area contributed by atoms with Crippen LogP contribution in [-0.4, -0.2) is 50.8 Å². The predicted octanol–water partition coefficient (Wildman–Crippen LogP) is 2.51. The third kappa shape index (κ3) is 4.17. The van der Waals surface area contributed by atoms with E-state index in [9.17, 15) is 0 Å². The van der Waals surface area contributed by atoms with Gasteiger partial charge in [0.05, 0.1) is 6.10 Å². The molecular weight excluding hydrogens is 236 g/mol. The Labute approximate surface area is 119 Å². The zero-order valence-corrected chi connectivity index (χ0v) is 13.0. The molecule has 0 aromatic rings. The second kappa shape index (κ2) is 7.61. The molecule has 1 aliphatic carbocycles. The van der Waals surface area contributed by atoms with Crippen molar-refractivity contribution in [1.82, 2.24) is 10.2 Å². The largest absolute Gasteiger partial charge is 0.380 e. The van der Waals surface area contributed by atoms with E-state index in [1.54, 1.807) is 0 Å². The number of piperidine rings is 1. The van der Waals surface area contributed by atoms with Gasteiger partial charge in [0.15, 0.2) is 0 Å². The minimum Gasteiger partial charge on any atom is -0.380 e. The van der Waals surface area contributed by atoms with E-state index < -0.39 is 0 Å². The second-order valence-corrected chi connectivity index (χ2v) is 6.50. The van der Waals surface area contributed by atoms with Gasteiger partial charge in [-0.3, -0.25) is 0 Å². The molecule has 2 fully saturated rings. The monoisotopic (exact) mass is 268 g/mol. The Hall–Kier alpha value is -0.120. The van der Waals surface area contributed by atoms with Crippen LogP contribution in [0.15, 0.2) is 0 Å². The van der Waals surface area contributed by atoms with Crippen LogP contribution >= 0.6 is 0 Å². The SMILES string of the molecule is CCC1CCC(NC)C(CN2CCCC(OC)C2)C1. The first kappa shape index (κ1) is 15.3. The topological polar surface area (TPSA) is 24.5 Å². The molecule has 0 amide bonds. The molecule has 2 aliphatic rings. The second-order valence-electron chi connectivity index (χ2n) is 6.50. The maximum Gasteiger partial charge on any atom is 0.0698 e. The minimum absolute atomic E-state index is 0.465. The Morgan fingerprint density at radius 1 is 1.26 bits per heavy atom. The van der Waals surface area contributed by atoms with Gasteiger partial charge in [-0.2, -0.15) is 0 Å². The molecule has 1 N–H and O–H groups in total. The van der Waals surface area contributed by atoms with Crippen molar-refractivity contribution in [3.63, 3.8) is 0 Å². The lowest BCUT2D eigenvalue weighted by Crippen LogP contribution is -2.48. The number of nitrogens with one attached hydrogen (secondary N) is 1. The summed E-state index contributed by atoms with van der Waals surface area (Å²) in [6, 6.07) is 0.728. The van der Waals surface area contributed by atoms with Crippen molar-refractivity contribution in [1.29, 1.82) is 0 Å². The van der Waals surface area contributed by atoms with Crippen LogP contribution in [0.5, 0.6) is 0 Å². The van der Waals surface area contributed by atoms with Crippen molar-refractivity contribution in [3.8, 4) is 0 Å². The molecule has 1 aliphatic heterocycles. The molecule has 3 heteroatoms. The number of hydrogen-bond acceptors (Lipinski definition) is 3. The summed E-state index contributed by atoms with van der Waals surface area (Å²) in [6.07, 6.45) is 8.55. The van der Waals surface area contributed by atoms with E-state index in [1.807, 2.05) is 7.11 Å². The van der Waals surface area contributed by atoms with Gasteiger partial charge in [-0.25, -0.2) is 0 Å². The molecule has 2 rings (SSSR count). The predicted molar refractivity (Wildman–Crippen MR) is 80.4 cm³/mol. The smallest absolute Gasteiger partial charge is 0.0698 e. The first-order valence-corrected chi connectivity index (χ1v) is 8.19. The van der Waals surface area contributed by atoms with Gasteiger partial charge in [0, 0.05) is 26.2 Å². The van der Waals surface area contributed by atoms with Crippen LogP contribution in [-0.2, 0) is 4.74 Å². The van der Waals surface area contributed by atoms with Gasteiger partial charge >= 0.3 is 0 Å². The average molecular weight is 268 g/mol. The average Bonchev–Trinajstić information content (AvgIpc) is 2.47. The third-order valence-corrected chi connectivity index (χ3v) is 5.33. The van der Waals surface area contributed by atoms with Crippen LogP contribution in [0.2, 0.25) is 0 Å². The van der Waals surface area contributed by atoms with Crippen molar-refractivity contribution in [3.05, 3.63) is 0 Å². The normalized spacial score (nSPS) is 37.4. The van der Waals surface area contributed by atoms with E-state index in [4.69, 9.17) is 4.74 Å². The first-order valence-electron chi connectivity index (χ1n) is 8.19. The summed E-state index contributed by atoms with van der Waals surface area (Å²) in [6.45, 7) is 6.02. The number of methoxy groups -OCH3 is 1. The van der Waals surface area contributed by atoms with Gasteiger partial charge in [-0.05, 0) is 57.5 Å². The molecule has 0 radical (unpaired) electrons. The number of likely N-dealkylation sites (tertiary alicyclic amines) is 1. The van der Waals surface area contributed by atoms with E-state index in [-0.39, 0.29) is 0 Å². The molecule has 4 atom stereocenters. The van der Waals surface area contributed by atoms with E-state index in [1.165, 1.54) is 51.6 Å². The van der Waals surface area contributed by atoms with Crippen LogP contribution in [0.25, 0.3) is 0 Å². The summed E-state index contributed by atoms with van der Waals surface area (Å²) in [5, 5.41) is 3.56. The molecule has 112 valence electrons. The lowest BCUT2D eigenvalue weighted by molar-refractivity contribution is 0.0187. The van der Waals surface area contributed by atoms with Gasteiger partial charge in [0.25, 0.3) is 0 Å². The third-order valence-electron chi connectivity index (χ3n) is 5.33. The Kier molecular flexibility index (Phi) is 6.11. The van der Waals surface area contributed by atoms with Gasteiger partial charge in [-0.1, -0.05) is 13.3 Å². The van der Waals surface area contributed by atoms with E-state index in [0.717, 1.165) is 24.4 Å². The fourth-order valence-electron chi connectivity index (χ4n) is 4.02. The summed E-state index contributed by atoms with van der Waals surface area (Å²) in [5.74, 6) is 1.79. The number of hydrogen-bond donors (Lipinski definition) is 1. The van der Waals surface area contributed by atoms with Crippen molar-refractivity contribution in [2.45, 2.75) is 57.6 Å². The van der Waals surface area contributed by atoms with Crippen LogP contribution < -0.4 is 5.32 Å². The standard InChI is InChI=1S/C16H32N2O/c1-4-13-7-8-16(17-2)14(10-13)11-18-9-5-6-15(12-18)19-3/h13-17H,4-12H2,1-3H3. The molecule has 0 spiro atoms. The van der Waals surface area contributed by atoms with Crippen molar-refractivity contribution < 1.29 is 4.74 Å². The van der Waals surface area contributed by atoms with Gasteiger partial charge < -0.3 is 15.0 Å². The lowest BCUT2D eigenvalue weighted by Gasteiger charge is -2.40. The number of ether oxygens (including phenoxy) is 1. The zero-order valence-electron chi connectivity index (χ0n) is 13.0. The highest BCUT2D eigenvalue weighted by Gasteiger charge is 2.31. The molecule has 4 unspecified atom stereocenters. The highest BCUT2D eigenvalue weighted by atomic mass is 16.5. The van der Waals surface area contributed by atoms with Crippen molar-refractivity contribution in [2.75, 3.05) is 33.8 Å². The fraction of sp³-hybridized carbons (Fsp3) is 1.00. The first-order chi connectivity index (χ1) is 9.26. The van der Waals surface area contributed by atoms with Crippen LogP contribution in [0, 0.1) is 11.8 Å². The van der Waals surface area contributed by atoms with Crippen LogP contribution in [0.4, 0.5) is 0 Å². The zero-order chi connectivity index (χ0) is 13.7. The van der Waals surface area contributed by atoms with Gasteiger partial charge in [0.1, 0.15) is 0 Å². The molecule has 1 heterocycles. The van der Waals surface area contributed by atoms with E-state index in [2.05, 4.69) is 24.2 Å². The Morgan fingerprint density at radius 3 is 2.79 bits per heavy atom.